The lowest BCUT2D eigenvalue weighted by Gasteiger charge is -2.40. The summed E-state index contributed by atoms with van der Waals surface area (Å²) in [5.41, 5.74) is 2.65. The van der Waals surface area contributed by atoms with Crippen LogP contribution in [0.1, 0.15) is 49.8 Å². The van der Waals surface area contributed by atoms with E-state index in [1.54, 1.807) is 7.11 Å². The molecule has 2 heteroatoms. The Bertz CT molecular complexity index is 455. The minimum atomic E-state index is -0.668. The summed E-state index contributed by atoms with van der Waals surface area (Å²) in [4.78, 5) is 0. The van der Waals surface area contributed by atoms with Crippen LogP contribution in [0.25, 0.3) is 0 Å². The summed E-state index contributed by atoms with van der Waals surface area (Å²) >= 11 is 0. The van der Waals surface area contributed by atoms with E-state index >= 15 is 0 Å². The second kappa shape index (κ2) is 5.16. The van der Waals surface area contributed by atoms with Crippen molar-refractivity contribution in [2.75, 3.05) is 7.11 Å². The van der Waals surface area contributed by atoms with Crippen molar-refractivity contribution < 1.29 is 9.84 Å². The molecule has 1 aliphatic carbocycles. The van der Waals surface area contributed by atoms with E-state index in [-0.39, 0.29) is 0 Å². The zero-order chi connectivity index (χ0) is 14.2. The fourth-order valence-corrected chi connectivity index (χ4v) is 3.82. The quantitative estimate of drug-likeness (QED) is 0.874. The van der Waals surface area contributed by atoms with Crippen LogP contribution < -0.4 is 4.74 Å². The third-order valence-electron chi connectivity index (χ3n) is 4.42. The zero-order valence-corrected chi connectivity index (χ0v) is 12.8. The monoisotopic (exact) mass is 262 g/mol. The van der Waals surface area contributed by atoms with Gasteiger partial charge in [-0.2, -0.15) is 0 Å². The molecular formula is C17H26O2. The fraction of sp³-hybridized carbons (Fsp3) is 0.647. The highest BCUT2D eigenvalue weighted by atomic mass is 16.5. The first-order valence-corrected chi connectivity index (χ1v) is 7.24. The number of ether oxygens (including phenoxy) is 1. The molecule has 0 aromatic heterocycles. The third-order valence-corrected chi connectivity index (χ3v) is 4.42. The number of hydrogen-bond donors (Lipinski definition) is 1. The lowest BCUT2D eigenvalue weighted by Crippen LogP contribution is -2.36. The average Bonchev–Trinajstić information content (AvgIpc) is 2.29. The number of aryl methyl sites for hydroxylation is 2. The second-order valence-electron chi connectivity index (χ2n) is 6.52. The van der Waals surface area contributed by atoms with Gasteiger partial charge in [0.1, 0.15) is 5.75 Å². The number of benzene rings is 1. The molecule has 1 aromatic carbocycles. The predicted molar refractivity (Wildman–Crippen MR) is 78.5 cm³/mol. The lowest BCUT2D eigenvalue weighted by atomic mass is 9.69. The summed E-state index contributed by atoms with van der Waals surface area (Å²) in [6.07, 6.45) is 2.95. The minimum Gasteiger partial charge on any atom is -0.496 e. The Morgan fingerprint density at radius 2 is 1.68 bits per heavy atom. The first-order valence-electron chi connectivity index (χ1n) is 7.24. The Morgan fingerprint density at radius 3 is 2.21 bits per heavy atom. The third kappa shape index (κ3) is 2.79. The lowest BCUT2D eigenvalue weighted by molar-refractivity contribution is -0.0368. The molecule has 0 saturated heterocycles. The van der Waals surface area contributed by atoms with Crippen LogP contribution in [0.3, 0.4) is 0 Å². The minimum absolute atomic E-state index is 0.579. The van der Waals surface area contributed by atoms with Crippen LogP contribution in [0.15, 0.2) is 12.1 Å². The molecule has 0 aliphatic heterocycles. The summed E-state index contributed by atoms with van der Waals surface area (Å²) in [6, 6.07) is 4.16. The zero-order valence-electron chi connectivity index (χ0n) is 12.8. The van der Waals surface area contributed by atoms with Crippen LogP contribution in [0.2, 0.25) is 0 Å². The molecule has 0 bridgehead atoms. The highest BCUT2D eigenvalue weighted by Crippen LogP contribution is 2.44. The molecule has 0 spiro atoms. The molecule has 0 heterocycles. The van der Waals surface area contributed by atoms with Crippen LogP contribution in [0.5, 0.6) is 5.75 Å². The number of aliphatic hydroxyl groups is 1. The number of methoxy groups -OCH3 is 1. The van der Waals surface area contributed by atoms with Crippen LogP contribution in [-0.2, 0) is 5.60 Å². The van der Waals surface area contributed by atoms with Gasteiger partial charge in [0.2, 0.25) is 0 Å². The Morgan fingerprint density at radius 1 is 1.11 bits per heavy atom. The van der Waals surface area contributed by atoms with Gasteiger partial charge in [-0.05, 0) is 73.8 Å². The number of hydrogen-bond acceptors (Lipinski definition) is 2. The first kappa shape index (κ1) is 14.4. The fourth-order valence-electron chi connectivity index (χ4n) is 3.82. The molecule has 0 radical (unpaired) electrons. The van der Waals surface area contributed by atoms with E-state index in [0.29, 0.717) is 11.8 Å². The van der Waals surface area contributed by atoms with Gasteiger partial charge in [0.25, 0.3) is 0 Å². The van der Waals surface area contributed by atoms with Crippen LogP contribution in [0.4, 0.5) is 0 Å². The van der Waals surface area contributed by atoms with Gasteiger partial charge in [-0.3, -0.25) is 0 Å². The molecule has 106 valence electrons. The average molecular weight is 262 g/mol. The van der Waals surface area contributed by atoms with Gasteiger partial charge in [0.15, 0.2) is 0 Å². The van der Waals surface area contributed by atoms with Gasteiger partial charge in [-0.1, -0.05) is 13.8 Å². The standard InChI is InChI=1S/C17H26O2/c1-11-6-12(2)10-17(18,9-11)15-7-14(4)16(19-5)8-13(15)3/h7-8,11-12,18H,6,9-10H2,1-5H3. The van der Waals surface area contributed by atoms with E-state index in [4.69, 9.17) is 4.74 Å². The van der Waals surface area contributed by atoms with Crippen molar-refractivity contribution in [3.63, 3.8) is 0 Å². The van der Waals surface area contributed by atoms with E-state index in [1.165, 1.54) is 6.42 Å². The van der Waals surface area contributed by atoms with Crippen molar-refractivity contribution in [1.29, 1.82) is 0 Å². The van der Waals surface area contributed by atoms with E-state index < -0.39 is 5.60 Å². The van der Waals surface area contributed by atoms with Crippen molar-refractivity contribution in [1.82, 2.24) is 0 Å². The van der Waals surface area contributed by atoms with Crippen LogP contribution >= 0.6 is 0 Å². The summed E-state index contributed by atoms with van der Waals surface area (Å²) in [7, 11) is 1.70. The molecule has 1 aromatic rings. The highest BCUT2D eigenvalue weighted by molar-refractivity contribution is 5.44. The molecule has 2 nitrogen and oxygen atoms in total. The topological polar surface area (TPSA) is 29.5 Å². The van der Waals surface area contributed by atoms with Gasteiger partial charge in [-0.15, -0.1) is 0 Å². The molecule has 19 heavy (non-hydrogen) atoms. The Labute approximate surface area is 116 Å². The summed E-state index contributed by atoms with van der Waals surface area (Å²) in [5, 5.41) is 11.1. The molecule has 1 fully saturated rings. The molecule has 2 atom stereocenters. The molecule has 0 amide bonds. The second-order valence-corrected chi connectivity index (χ2v) is 6.52. The smallest absolute Gasteiger partial charge is 0.122 e. The van der Waals surface area contributed by atoms with Gasteiger partial charge in [-0.25, -0.2) is 0 Å². The maximum atomic E-state index is 11.1. The Balaban J connectivity index is 2.42. The van der Waals surface area contributed by atoms with E-state index in [0.717, 1.165) is 35.3 Å². The van der Waals surface area contributed by atoms with E-state index in [2.05, 4.69) is 26.8 Å². The predicted octanol–water partition coefficient (Wildman–Crippen LogP) is 3.96. The summed E-state index contributed by atoms with van der Waals surface area (Å²) in [5.74, 6) is 2.06. The molecule has 1 N–H and O–H groups in total. The van der Waals surface area contributed by atoms with Gasteiger partial charge < -0.3 is 9.84 Å². The van der Waals surface area contributed by atoms with Gasteiger partial charge >= 0.3 is 0 Å². The largest absolute Gasteiger partial charge is 0.496 e. The van der Waals surface area contributed by atoms with Crippen molar-refractivity contribution in [3.05, 3.63) is 28.8 Å². The molecule has 1 aliphatic rings. The van der Waals surface area contributed by atoms with E-state index in [9.17, 15) is 5.11 Å². The van der Waals surface area contributed by atoms with Crippen LogP contribution in [-0.4, -0.2) is 12.2 Å². The maximum absolute atomic E-state index is 11.1. The van der Waals surface area contributed by atoms with Crippen molar-refractivity contribution in [2.24, 2.45) is 11.8 Å². The van der Waals surface area contributed by atoms with Gasteiger partial charge in [0, 0.05) is 0 Å². The Kier molecular flexibility index (Phi) is 3.91. The molecule has 2 rings (SSSR count). The van der Waals surface area contributed by atoms with Gasteiger partial charge in [0.05, 0.1) is 12.7 Å². The highest BCUT2D eigenvalue weighted by Gasteiger charge is 2.38. The van der Waals surface area contributed by atoms with Crippen molar-refractivity contribution in [2.45, 2.75) is 52.6 Å². The maximum Gasteiger partial charge on any atom is 0.122 e. The van der Waals surface area contributed by atoms with Crippen LogP contribution in [0, 0.1) is 25.7 Å². The summed E-state index contributed by atoms with van der Waals surface area (Å²) < 4.78 is 5.36. The molecular weight excluding hydrogens is 236 g/mol. The number of rotatable bonds is 2. The SMILES string of the molecule is COc1cc(C)c(C2(O)CC(C)CC(C)C2)cc1C. The molecule has 1 saturated carbocycles. The summed E-state index contributed by atoms with van der Waals surface area (Å²) in [6.45, 7) is 8.60. The van der Waals surface area contributed by atoms with Crippen molar-refractivity contribution in [3.8, 4) is 5.75 Å². The van der Waals surface area contributed by atoms with E-state index in [1.807, 2.05) is 13.0 Å². The molecule has 2 unspecified atom stereocenters. The first-order chi connectivity index (χ1) is 8.85. The van der Waals surface area contributed by atoms with Crippen molar-refractivity contribution >= 4 is 0 Å². The normalized spacial score (nSPS) is 31.3. The Hall–Kier alpha value is -1.02.